The average molecular weight is 278 g/mol. The summed E-state index contributed by atoms with van der Waals surface area (Å²) in [6.07, 6.45) is 4.92. The zero-order chi connectivity index (χ0) is 12.3. The van der Waals surface area contributed by atoms with Crippen LogP contribution in [0.4, 0.5) is 0 Å². The van der Waals surface area contributed by atoms with Crippen LogP contribution in [0, 0.1) is 0 Å². The minimum atomic E-state index is -2.59. The van der Waals surface area contributed by atoms with Crippen molar-refractivity contribution in [1.29, 1.82) is 0 Å². The van der Waals surface area contributed by atoms with Crippen LogP contribution in [0.3, 0.4) is 0 Å². The smallest absolute Gasteiger partial charge is 0.270 e. The lowest BCUT2D eigenvalue weighted by Crippen LogP contribution is -2.42. The van der Waals surface area contributed by atoms with Crippen molar-refractivity contribution in [3.63, 3.8) is 0 Å². The highest BCUT2D eigenvalue weighted by molar-refractivity contribution is 7.80. The van der Waals surface area contributed by atoms with Gasteiger partial charge in [-0.3, -0.25) is 4.57 Å². The Labute approximate surface area is 110 Å². The normalized spacial score (nSPS) is 28.4. The van der Waals surface area contributed by atoms with Gasteiger partial charge in [0.15, 0.2) is 0 Å². The van der Waals surface area contributed by atoms with E-state index in [2.05, 4.69) is 17.5 Å². The van der Waals surface area contributed by atoms with Gasteiger partial charge in [0.1, 0.15) is 0 Å². The Morgan fingerprint density at radius 3 is 2.35 bits per heavy atom. The molecule has 2 rings (SSSR count). The number of likely N-dealkylation sites (tertiary alicyclic amines) is 1. The minimum Gasteiger partial charge on any atom is -0.307 e. The van der Waals surface area contributed by atoms with Gasteiger partial charge in [0.05, 0.1) is 5.94 Å². The van der Waals surface area contributed by atoms with Crippen molar-refractivity contribution < 1.29 is 9.09 Å². The molecule has 0 bridgehead atoms. The van der Waals surface area contributed by atoms with Gasteiger partial charge in [-0.25, -0.2) is 4.67 Å². The maximum Gasteiger partial charge on any atom is 0.270 e. The van der Waals surface area contributed by atoms with E-state index in [1.54, 1.807) is 6.66 Å². The molecule has 0 saturated carbocycles. The van der Waals surface area contributed by atoms with Gasteiger partial charge in [0, 0.05) is 25.8 Å². The molecule has 1 unspecified atom stereocenters. The number of thiol groups is 1. The quantitative estimate of drug-likeness (QED) is 0.486. The molecule has 17 heavy (non-hydrogen) atoms. The molecule has 0 spiro atoms. The van der Waals surface area contributed by atoms with Crippen LogP contribution in [-0.4, -0.2) is 54.4 Å². The van der Waals surface area contributed by atoms with Gasteiger partial charge in [-0.2, -0.15) is 12.6 Å². The number of rotatable bonds is 4. The minimum absolute atomic E-state index is 0.236. The Hall–Kier alpha value is 0.460. The highest BCUT2D eigenvalue weighted by atomic mass is 32.1. The first-order chi connectivity index (χ1) is 8.13. The van der Waals surface area contributed by atoms with Crippen LogP contribution in [0.2, 0.25) is 0 Å². The summed E-state index contributed by atoms with van der Waals surface area (Å²) in [4.78, 5) is 2.59. The Bertz CT molecular complexity index is 289. The molecule has 100 valence electrons. The second-order valence-electron chi connectivity index (χ2n) is 4.99. The van der Waals surface area contributed by atoms with E-state index in [-0.39, 0.29) is 5.94 Å². The third-order valence-corrected chi connectivity index (χ3v) is 6.28. The Morgan fingerprint density at radius 2 is 1.82 bits per heavy atom. The average Bonchev–Trinajstić information content (AvgIpc) is 2.82. The molecule has 0 N–H and O–H groups in total. The van der Waals surface area contributed by atoms with E-state index in [4.69, 9.17) is 4.52 Å². The van der Waals surface area contributed by atoms with Crippen LogP contribution in [-0.2, 0) is 9.09 Å². The van der Waals surface area contributed by atoms with Crippen molar-refractivity contribution >= 4 is 20.1 Å². The van der Waals surface area contributed by atoms with Gasteiger partial charge in [0.2, 0.25) is 0 Å². The zero-order valence-electron chi connectivity index (χ0n) is 10.5. The van der Waals surface area contributed by atoms with E-state index in [1.807, 2.05) is 4.67 Å². The predicted octanol–water partition coefficient (Wildman–Crippen LogP) is 2.27. The molecule has 0 aromatic carbocycles. The first-order valence-corrected chi connectivity index (χ1v) is 9.11. The van der Waals surface area contributed by atoms with Gasteiger partial charge >= 0.3 is 0 Å². The van der Waals surface area contributed by atoms with Crippen LogP contribution in [0.15, 0.2) is 0 Å². The maximum absolute atomic E-state index is 12.2. The predicted molar refractivity (Wildman–Crippen MR) is 73.9 cm³/mol. The lowest BCUT2D eigenvalue weighted by atomic mass is 10.1. The lowest BCUT2D eigenvalue weighted by Gasteiger charge is -2.38. The second kappa shape index (κ2) is 6.07. The van der Waals surface area contributed by atoms with Crippen molar-refractivity contribution in [3.8, 4) is 0 Å². The van der Waals surface area contributed by atoms with E-state index in [0.717, 1.165) is 25.9 Å². The van der Waals surface area contributed by atoms with Gasteiger partial charge in [-0.1, -0.05) is 0 Å². The first-order valence-electron chi connectivity index (χ1n) is 6.46. The van der Waals surface area contributed by atoms with Crippen molar-refractivity contribution in [3.05, 3.63) is 0 Å². The molecular formula is C11H23N2O2PS. The van der Waals surface area contributed by atoms with Crippen molar-refractivity contribution in [2.24, 2.45) is 0 Å². The highest BCUT2D eigenvalue weighted by Crippen LogP contribution is 2.48. The van der Waals surface area contributed by atoms with Gasteiger partial charge in [0.25, 0.3) is 7.52 Å². The summed E-state index contributed by atoms with van der Waals surface area (Å²) in [5, 5.41) is 0. The van der Waals surface area contributed by atoms with Gasteiger partial charge in [-0.15, -0.1) is 0 Å². The third kappa shape index (κ3) is 3.48. The fraction of sp³-hybridized carbons (Fsp3) is 1.00. The molecule has 4 nitrogen and oxygen atoms in total. The third-order valence-electron chi connectivity index (χ3n) is 3.91. The van der Waals surface area contributed by atoms with Crippen LogP contribution >= 0.6 is 20.1 Å². The Kier molecular flexibility index (Phi) is 4.96. The molecule has 0 aromatic heterocycles. The fourth-order valence-corrected chi connectivity index (χ4v) is 4.85. The van der Waals surface area contributed by atoms with E-state index in [9.17, 15) is 4.57 Å². The maximum atomic E-state index is 12.2. The zero-order valence-corrected chi connectivity index (χ0v) is 12.3. The SMILES string of the molecule is CP(=O)(OCS)N1CCC(N2CCCC2)CC1. The van der Waals surface area contributed by atoms with Crippen molar-refractivity contribution in [1.82, 2.24) is 9.57 Å². The number of piperidine rings is 1. The number of hydrogen-bond donors (Lipinski definition) is 1. The number of nitrogens with zero attached hydrogens (tertiary/aromatic N) is 2. The van der Waals surface area contributed by atoms with Gasteiger partial charge < -0.3 is 9.42 Å². The van der Waals surface area contributed by atoms with Crippen LogP contribution in [0.25, 0.3) is 0 Å². The lowest BCUT2D eigenvalue weighted by molar-refractivity contribution is 0.158. The van der Waals surface area contributed by atoms with Crippen LogP contribution in [0.5, 0.6) is 0 Å². The molecule has 2 aliphatic heterocycles. The summed E-state index contributed by atoms with van der Waals surface area (Å²) in [7, 11) is -2.59. The molecule has 0 amide bonds. The Balaban J connectivity index is 1.83. The van der Waals surface area contributed by atoms with E-state index in [0.29, 0.717) is 6.04 Å². The van der Waals surface area contributed by atoms with E-state index < -0.39 is 7.52 Å². The second-order valence-corrected chi connectivity index (χ2v) is 7.68. The monoisotopic (exact) mass is 278 g/mol. The topological polar surface area (TPSA) is 32.8 Å². The molecular weight excluding hydrogens is 255 g/mol. The summed E-state index contributed by atoms with van der Waals surface area (Å²) < 4.78 is 19.5. The molecule has 1 atom stereocenters. The van der Waals surface area contributed by atoms with Crippen LogP contribution < -0.4 is 0 Å². The van der Waals surface area contributed by atoms with Crippen molar-refractivity contribution in [2.75, 3.05) is 38.8 Å². The highest BCUT2D eigenvalue weighted by Gasteiger charge is 2.32. The molecule has 0 aromatic rings. The molecule has 2 saturated heterocycles. The molecule has 2 heterocycles. The standard InChI is InChI=1S/C11H23N2O2PS/c1-16(14,15-10-17)13-8-4-11(5-9-13)12-6-2-3-7-12/h11,17H,2-10H2,1H3. The Morgan fingerprint density at radius 1 is 1.24 bits per heavy atom. The van der Waals surface area contributed by atoms with Crippen LogP contribution in [0.1, 0.15) is 25.7 Å². The van der Waals surface area contributed by atoms with E-state index >= 15 is 0 Å². The summed E-state index contributed by atoms with van der Waals surface area (Å²) >= 11 is 3.99. The molecule has 0 aliphatic carbocycles. The van der Waals surface area contributed by atoms with Gasteiger partial charge in [-0.05, 0) is 38.8 Å². The number of hydrogen-bond acceptors (Lipinski definition) is 4. The molecule has 0 radical (unpaired) electrons. The first kappa shape index (κ1) is 13.9. The molecule has 2 aliphatic rings. The summed E-state index contributed by atoms with van der Waals surface area (Å²) in [6, 6.07) is 0.699. The summed E-state index contributed by atoms with van der Waals surface area (Å²) in [5.74, 6) is 0.236. The molecule has 6 heteroatoms. The largest absolute Gasteiger partial charge is 0.307 e. The van der Waals surface area contributed by atoms with Crippen molar-refractivity contribution in [2.45, 2.75) is 31.7 Å². The summed E-state index contributed by atoms with van der Waals surface area (Å²) in [5.41, 5.74) is 0. The summed E-state index contributed by atoms with van der Waals surface area (Å²) in [6.45, 7) is 5.99. The molecule has 2 fully saturated rings. The van der Waals surface area contributed by atoms with E-state index in [1.165, 1.54) is 25.9 Å². The fourth-order valence-electron chi connectivity index (χ4n) is 2.88.